The number of carbonyl (C=O) groups excluding carboxylic acids is 1. The lowest BCUT2D eigenvalue weighted by Gasteiger charge is -2.25. The number of urea groups is 1. The summed E-state index contributed by atoms with van der Waals surface area (Å²) < 4.78 is 22.8. The highest BCUT2D eigenvalue weighted by atomic mass is 32.2. The Kier molecular flexibility index (Phi) is 4.12. The molecule has 1 N–H and O–H groups in total. The highest BCUT2D eigenvalue weighted by Crippen LogP contribution is 2.50. The fourth-order valence-corrected chi connectivity index (χ4v) is 5.07. The molecule has 2 amide bonds. The molecule has 0 radical (unpaired) electrons. The van der Waals surface area contributed by atoms with Crippen molar-refractivity contribution in [2.24, 2.45) is 0 Å². The Balaban J connectivity index is 1.80. The van der Waals surface area contributed by atoms with E-state index in [2.05, 4.69) is 11.4 Å². The lowest BCUT2D eigenvalue weighted by atomic mass is 9.81. The molecule has 0 aromatic heterocycles. The zero-order chi connectivity index (χ0) is 16.7. The first-order chi connectivity index (χ1) is 10.8. The highest BCUT2D eigenvalue weighted by molar-refractivity contribution is 7.90. The number of benzene rings is 1. The van der Waals surface area contributed by atoms with E-state index >= 15 is 0 Å². The Morgan fingerprint density at radius 2 is 1.96 bits per heavy atom. The summed E-state index contributed by atoms with van der Waals surface area (Å²) in [5.74, 6) is -0.0423. The van der Waals surface area contributed by atoms with Crippen molar-refractivity contribution >= 4 is 21.6 Å². The van der Waals surface area contributed by atoms with Gasteiger partial charge in [0.15, 0.2) is 0 Å². The standard InChI is InChI=1S/C17H24N2O3S/c1-13(11-23(2,21)22)18-16(20)19-12-17(9-5-6-10-17)14-7-3-4-8-15(14)19/h3-4,7-8,13H,5-6,9-12H2,1-2H3,(H,18,20). The first-order valence-electron chi connectivity index (χ1n) is 8.16. The number of hydrogen-bond acceptors (Lipinski definition) is 3. The maximum atomic E-state index is 12.7. The molecule has 1 heterocycles. The van der Waals surface area contributed by atoms with E-state index in [1.807, 2.05) is 18.2 Å². The van der Waals surface area contributed by atoms with Gasteiger partial charge in [-0.1, -0.05) is 31.0 Å². The van der Waals surface area contributed by atoms with Crippen molar-refractivity contribution < 1.29 is 13.2 Å². The van der Waals surface area contributed by atoms with Crippen molar-refractivity contribution in [1.82, 2.24) is 5.32 Å². The highest BCUT2D eigenvalue weighted by Gasteiger charge is 2.46. The smallest absolute Gasteiger partial charge is 0.322 e. The van der Waals surface area contributed by atoms with Gasteiger partial charge in [-0.3, -0.25) is 4.90 Å². The minimum atomic E-state index is -3.11. The van der Waals surface area contributed by atoms with Crippen LogP contribution in [-0.2, 0) is 15.3 Å². The molecule has 1 fully saturated rings. The van der Waals surface area contributed by atoms with Crippen molar-refractivity contribution in [3.8, 4) is 0 Å². The van der Waals surface area contributed by atoms with Gasteiger partial charge < -0.3 is 5.32 Å². The van der Waals surface area contributed by atoms with Crippen molar-refractivity contribution in [1.29, 1.82) is 0 Å². The average Bonchev–Trinajstić information content (AvgIpc) is 3.04. The number of nitrogens with zero attached hydrogens (tertiary/aromatic N) is 1. The Morgan fingerprint density at radius 3 is 2.61 bits per heavy atom. The molecule has 0 saturated heterocycles. The minimum Gasteiger partial charge on any atom is -0.334 e. The topological polar surface area (TPSA) is 66.5 Å². The Hall–Kier alpha value is -1.56. The first-order valence-corrected chi connectivity index (χ1v) is 10.2. The van der Waals surface area contributed by atoms with Gasteiger partial charge in [-0.15, -0.1) is 0 Å². The van der Waals surface area contributed by atoms with E-state index in [1.54, 1.807) is 11.8 Å². The number of para-hydroxylation sites is 1. The van der Waals surface area contributed by atoms with Gasteiger partial charge >= 0.3 is 6.03 Å². The lowest BCUT2D eigenvalue weighted by Crippen LogP contribution is -2.47. The molecule has 126 valence electrons. The second kappa shape index (κ2) is 5.82. The molecule has 1 unspecified atom stereocenters. The third-order valence-electron chi connectivity index (χ3n) is 4.96. The van der Waals surface area contributed by atoms with E-state index in [0.717, 1.165) is 18.5 Å². The van der Waals surface area contributed by atoms with Gasteiger partial charge in [0.1, 0.15) is 9.84 Å². The lowest BCUT2D eigenvalue weighted by molar-refractivity contribution is 0.243. The summed E-state index contributed by atoms with van der Waals surface area (Å²) in [6, 6.07) is 7.51. The van der Waals surface area contributed by atoms with Gasteiger partial charge in [0.05, 0.1) is 5.75 Å². The normalized spacial score (nSPS) is 20.5. The SMILES string of the molecule is CC(CS(C)(=O)=O)NC(=O)N1CC2(CCCC2)c2ccccc21. The molecule has 1 atom stereocenters. The monoisotopic (exact) mass is 336 g/mol. The van der Waals surface area contributed by atoms with Crippen LogP contribution < -0.4 is 10.2 Å². The molecule has 1 aromatic rings. The number of amides is 2. The third kappa shape index (κ3) is 3.22. The van der Waals surface area contributed by atoms with E-state index in [0.29, 0.717) is 6.54 Å². The van der Waals surface area contributed by atoms with E-state index in [9.17, 15) is 13.2 Å². The summed E-state index contributed by atoms with van der Waals surface area (Å²) in [6.45, 7) is 2.43. The summed E-state index contributed by atoms with van der Waals surface area (Å²) in [6.07, 6.45) is 5.83. The zero-order valence-corrected chi connectivity index (χ0v) is 14.5. The van der Waals surface area contributed by atoms with Crippen molar-refractivity contribution in [2.45, 2.75) is 44.1 Å². The van der Waals surface area contributed by atoms with Gasteiger partial charge in [-0.05, 0) is 31.4 Å². The number of nitrogens with one attached hydrogen (secondary N) is 1. The van der Waals surface area contributed by atoms with Crippen LogP contribution in [0, 0.1) is 0 Å². The minimum absolute atomic E-state index is 0.0423. The average molecular weight is 336 g/mol. The molecule has 0 bridgehead atoms. The molecular formula is C17H24N2O3S. The van der Waals surface area contributed by atoms with E-state index in [4.69, 9.17) is 0 Å². The van der Waals surface area contributed by atoms with E-state index in [-0.39, 0.29) is 17.2 Å². The number of hydrogen-bond donors (Lipinski definition) is 1. The van der Waals surface area contributed by atoms with Crippen LogP contribution in [0.1, 0.15) is 38.2 Å². The fraction of sp³-hybridized carbons (Fsp3) is 0.588. The largest absolute Gasteiger partial charge is 0.334 e. The first kappa shape index (κ1) is 16.3. The molecule has 2 aliphatic rings. The Labute approximate surface area is 138 Å². The predicted molar refractivity (Wildman–Crippen MR) is 91.6 cm³/mol. The molecule has 1 aliphatic heterocycles. The van der Waals surface area contributed by atoms with E-state index < -0.39 is 15.9 Å². The van der Waals surface area contributed by atoms with Gasteiger partial charge in [0.2, 0.25) is 0 Å². The van der Waals surface area contributed by atoms with Crippen LogP contribution in [0.25, 0.3) is 0 Å². The van der Waals surface area contributed by atoms with Crippen LogP contribution in [0.5, 0.6) is 0 Å². The Bertz CT molecular complexity index is 708. The second-order valence-electron chi connectivity index (χ2n) is 7.03. The maximum Gasteiger partial charge on any atom is 0.322 e. The van der Waals surface area contributed by atoms with Gasteiger partial charge in [-0.25, -0.2) is 13.2 Å². The van der Waals surface area contributed by atoms with Crippen LogP contribution in [-0.4, -0.2) is 39.0 Å². The quantitative estimate of drug-likeness (QED) is 0.922. The van der Waals surface area contributed by atoms with Crippen molar-refractivity contribution in [3.05, 3.63) is 29.8 Å². The second-order valence-corrected chi connectivity index (χ2v) is 9.22. The predicted octanol–water partition coefficient (Wildman–Crippen LogP) is 2.46. The molecule has 1 saturated carbocycles. The van der Waals surface area contributed by atoms with Crippen molar-refractivity contribution in [3.63, 3.8) is 0 Å². The molecule has 5 nitrogen and oxygen atoms in total. The molecule has 1 aliphatic carbocycles. The molecule has 1 aromatic carbocycles. The van der Waals surface area contributed by atoms with Crippen molar-refractivity contribution in [2.75, 3.05) is 23.5 Å². The molecule has 1 spiro atoms. The molecule has 23 heavy (non-hydrogen) atoms. The van der Waals surface area contributed by atoms with Crippen LogP contribution in [0.2, 0.25) is 0 Å². The summed E-state index contributed by atoms with van der Waals surface area (Å²) in [5.41, 5.74) is 2.33. The third-order valence-corrected chi connectivity index (χ3v) is 6.06. The van der Waals surface area contributed by atoms with Crippen LogP contribution in [0.3, 0.4) is 0 Å². The zero-order valence-electron chi connectivity index (χ0n) is 13.7. The molecule has 3 rings (SSSR count). The number of sulfone groups is 1. The van der Waals surface area contributed by atoms with Crippen LogP contribution in [0.15, 0.2) is 24.3 Å². The maximum absolute atomic E-state index is 12.7. The number of anilines is 1. The van der Waals surface area contributed by atoms with Crippen LogP contribution in [0.4, 0.5) is 10.5 Å². The van der Waals surface area contributed by atoms with Crippen LogP contribution >= 0.6 is 0 Å². The fourth-order valence-electron chi connectivity index (χ4n) is 4.08. The van der Waals surface area contributed by atoms with E-state index in [1.165, 1.54) is 24.7 Å². The van der Waals surface area contributed by atoms with Gasteiger partial charge in [0, 0.05) is 29.9 Å². The van der Waals surface area contributed by atoms with Gasteiger partial charge in [-0.2, -0.15) is 0 Å². The van der Waals surface area contributed by atoms with Gasteiger partial charge in [0.25, 0.3) is 0 Å². The number of carbonyl (C=O) groups is 1. The number of rotatable bonds is 3. The number of fused-ring (bicyclic) bond motifs is 2. The summed E-state index contributed by atoms with van der Waals surface area (Å²) in [5, 5.41) is 2.83. The summed E-state index contributed by atoms with van der Waals surface area (Å²) >= 11 is 0. The molecular weight excluding hydrogens is 312 g/mol. The summed E-state index contributed by atoms with van der Waals surface area (Å²) in [4.78, 5) is 14.5. The summed E-state index contributed by atoms with van der Waals surface area (Å²) in [7, 11) is -3.11. The Morgan fingerprint density at radius 1 is 1.30 bits per heavy atom. The molecule has 6 heteroatoms.